The molecule has 1 heterocycles. The van der Waals surface area contributed by atoms with Gasteiger partial charge in [-0.15, -0.1) is 0 Å². The van der Waals surface area contributed by atoms with Crippen LogP contribution in [-0.4, -0.2) is 41.9 Å². The number of furan rings is 1. The fourth-order valence-corrected chi connectivity index (χ4v) is 2.35. The van der Waals surface area contributed by atoms with Crippen LogP contribution in [0.25, 0.3) is 0 Å². The van der Waals surface area contributed by atoms with Crippen LogP contribution >= 0.6 is 0 Å². The van der Waals surface area contributed by atoms with Gasteiger partial charge in [-0.25, -0.2) is 4.79 Å². The maximum Gasteiger partial charge on any atom is 0.339 e. The summed E-state index contributed by atoms with van der Waals surface area (Å²) in [5.74, 6) is -1.74. The molecule has 1 aromatic heterocycles. The van der Waals surface area contributed by atoms with E-state index in [9.17, 15) is 14.4 Å². The molecule has 0 fully saturated rings. The lowest BCUT2D eigenvalue weighted by Gasteiger charge is -2.14. The van der Waals surface area contributed by atoms with E-state index < -0.39 is 11.9 Å². The van der Waals surface area contributed by atoms with Crippen molar-refractivity contribution in [1.29, 1.82) is 0 Å². The molecule has 0 radical (unpaired) electrons. The monoisotopic (exact) mass is 344 g/mol. The van der Waals surface area contributed by atoms with E-state index in [2.05, 4.69) is 5.32 Å². The average Bonchev–Trinajstić information content (AvgIpc) is 3.00. The molecule has 0 saturated heterocycles. The van der Waals surface area contributed by atoms with Crippen LogP contribution in [0.2, 0.25) is 0 Å². The number of carbonyl (C=O) groups is 3. The van der Waals surface area contributed by atoms with Crippen LogP contribution in [0.1, 0.15) is 49.5 Å². The van der Waals surface area contributed by atoms with Gasteiger partial charge in [0, 0.05) is 37.8 Å². The van der Waals surface area contributed by atoms with Crippen LogP contribution in [0.5, 0.6) is 0 Å². The first-order chi connectivity index (χ1) is 11.7. The number of carbonyl (C=O) groups excluding carboxylic acids is 2. The lowest BCUT2D eigenvalue weighted by molar-refractivity contribution is 0.0693. The Balaban J connectivity index is 2.28. The van der Waals surface area contributed by atoms with E-state index in [1.165, 1.54) is 11.0 Å². The SMILES string of the molecule is CCc1oc(C(=O)Nc2ccc(C)c(C(=O)N(C)C)c2)cc1C(=O)O. The van der Waals surface area contributed by atoms with E-state index in [1.54, 1.807) is 39.2 Å². The number of nitrogens with one attached hydrogen (secondary N) is 1. The van der Waals surface area contributed by atoms with Crippen LogP contribution in [0, 0.1) is 6.92 Å². The Morgan fingerprint density at radius 1 is 1.16 bits per heavy atom. The van der Waals surface area contributed by atoms with Crippen molar-refractivity contribution in [2.24, 2.45) is 0 Å². The highest BCUT2D eigenvalue weighted by Crippen LogP contribution is 2.20. The Bertz CT molecular complexity index is 836. The Labute approximate surface area is 145 Å². The number of rotatable bonds is 5. The van der Waals surface area contributed by atoms with Gasteiger partial charge in [0.2, 0.25) is 0 Å². The maximum atomic E-state index is 12.3. The number of benzene rings is 1. The molecule has 2 rings (SSSR count). The van der Waals surface area contributed by atoms with Gasteiger partial charge < -0.3 is 19.7 Å². The number of amides is 2. The highest BCUT2D eigenvalue weighted by atomic mass is 16.4. The molecule has 2 N–H and O–H groups in total. The molecule has 0 spiro atoms. The highest BCUT2D eigenvalue weighted by molar-refractivity contribution is 6.05. The first-order valence-corrected chi connectivity index (χ1v) is 7.74. The maximum absolute atomic E-state index is 12.3. The number of anilines is 1. The van der Waals surface area contributed by atoms with Gasteiger partial charge in [0.1, 0.15) is 11.3 Å². The predicted octanol–water partition coefficient (Wildman–Crippen LogP) is 2.80. The minimum absolute atomic E-state index is 0.0277. The zero-order valence-electron chi connectivity index (χ0n) is 14.5. The second kappa shape index (κ2) is 7.21. The molecule has 0 aliphatic carbocycles. The largest absolute Gasteiger partial charge is 0.478 e. The summed E-state index contributed by atoms with van der Waals surface area (Å²) >= 11 is 0. The molecule has 0 saturated carbocycles. The van der Waals surface area contributed by atoms with Crippen molar-refractivity contribution >= 4 is 23.5 Å². The fourth-order valence-electron chi connectivity index (χ4n) is 2.35. The number of nitrogens with zero attached hydrogens (tertiary/aromatic N) is 1. The molecule has 2 aromatic rings. The van der Waals surface area contributed by atoms with Crippen molar-refractivity contribution in [1.82, 2.24) is 4.90 Å². The van der Waals surface area contributed by atoms with Gasteiger partial charge in [0.05, 0.1) is 0 Å². The summed E-state index contributed by atoms with van der Waals surface area (Å²) in [6.07, 6.45) is 0.362. The summed E-state index contributed by atoms with van der Waals surface area (Å²) in [6, 6.07) is 6.18. The molecule has 0 aliphatic heterocycles. The van der Waals surface area contributed by atoms with E-state index in [0.717, 1.165) is 5.56 Å². The number of carboxylic acid groups (broad SMARTS) is 1. The molecule has 2 amide bonds. The first kappa shape index (κ1) is 18.3. The third kappa shape index (κ3) is 3.88. The molecular formula is C18H20N2O5. The van der Waals surface area contributed by atoms with E-state index >= 15 is 0 Å². The average molecular weight is 344 g/mol. The molecular weight excluding hydrogens is 324 g/mol. The van der Waals surface area contributed by atoms with Gasteiger partial charge in [-0.05, 0) is 24.6 Å². The van der Waals surface area contributed by atoms with Crippen LogP contribution in [0.15, 0.2) is 28.7 Å². The second-order valence-corrected chi connectivity index (χ2v) is 5.79. The Hall–Kier alpha value is -3.09. The smallest absolute Gasteiger partial charge is 0.339 e. The van der Waals surface area contributed by atoms with Gasteiger partial charge in [0.15, 0.2) is 5.76 Å². The predicted molar refractivity (Wildman–Crippen MR) is 92.2 cm³/mol. The summed E-state index contributed by atoms with van der Waals surface area (Å²) in [5, 5.41) is 11.8. The Morgan fingerprint density at radius 3 is 2.36 bits per heavy atom. The van der Waals surface area contributed by atoms with E-state index in [-0.39, 0.29) is 23.0 Å². The molecule has 0 aliphatic rings. The lowest BCUT2D eigenvalue weighted by Crippen LogP contribution is -2.23. The number of hydrogen-bond donors (Lipinski definition) is 2. The molecule has 7 heteroatoms. The topological polar surface area (TPSA) is 99.9 Å². The van der Waals surface area contributed by atoms with E-state index in [0.29, 0.717) is 17.7 Å². The van der Waals surface area contributed by atoms with E-state index in [4.69, 9.17) is 9.52 Å². The zero-order valence-corrected chi connectivity index (χ0v) is 14.5. The van der Waals surface area contributed by atoms with Gasteiger partial charge in [0.25, 0.3) is 11.8 Å². The summed E-state index contributed by atoms with van der Waals surface area (Å²) in [6.45, 7) is 3.55. The van der Waals surface area contributed by atoms with Gasteiger partial charge >= 0.3 is 5.97 Å². The van der Waals surface area contributed by atoms with Gasteiger partial charge in [-0.1, -0.05) is 13.0 Å². The number of carboxylic acids is 1. The second-order valence-electron chi connectivity index (χ2n) is 5.79. The third-order valence-electron chi connectivity index (χ3n) is 3.72. The quantitative estimate of drug-likeness (QED) is 0.869. The standard InChI is InChI=1S/C18H20N2O5/c1-5-14-13(18(23)24)9-15(25-14)16(21)19-11-7-6-10(2)12(8-11)17(22)20(3)4/h6-9H,5H2,1-4H3,(H,19,21)(H,23,24). The number of aryl methyl sites for hydroxylation is 2. The summed E-state index contributed by atoms with van der Waals surface area (Å²) in [5.41, 5.74) is 1.66. The first-order valence-electron chi connectivity index (χ1n) is 7.74. The van der Waals surface area contributed by atoms with Crippen molar-refractivity contribution in [2.75, 3.05) is 19.4 Å². The third-order valence-corrected chi connectivity index (χ3v) is 3.72. The molecule has 0 unspecified atom stereocenters. The van der Waals surface area contributed by atoms with Crippen LogP contribution < -0.4 is 5.32 Å². The van der Waals surface area contributed by atoms with Crippen LogP contribution in [0.3, 0.4) is 0 Å². The minimum atomic E-state index is -1.14. The zero-order chi connectivity index (χ0) is 18.7. The lowest BCUT2D eigenvalue weighted by atomic mass is 10.1. The highest BCUT2D eigenvalue weighted by Gasteiger charge is 2.20. The number of hydrogen-bond acceptors (Lipinski definition) is 4. The van der Waals surface area contributed by atoms with Crippen molar-refractivity contribution in [2.45, 2.75) is 20.3 Å². The van der Waals surface area contributed by atoms with Crippen molar-refractivity contribution in [3.63, 3.8) is 0 Å². The van der Waals surface area contributed by atoms with E-state index in [1.807, 2.05) is 6.92 Å². The molecule has 25 heavy (non-hydrogen) atoms. The van der Waals surface area contributed by atoms with Crippen molar-refractivity contribution in [3.8, 4) is 0 Å². The van der Waals surface area contributed by atoms with Crippen molar-refractivity contribution < 1.29 is 23.9 Å². The summed E-state index contributed by atoms with van der Waals surface area (Å²) < 4.78 is 5.33. The molecule has 7 nitrogen and oxygen atoms in total. The molecule has 1 aromatic carbocycles. The van der Waals surface area contributed by atoms with Crippen LogP contribution in [0.4, 0.5) is 5.69 Å². The fraction of sp³-hybridized carbons (Fsp3) is 0.278. The minimum Gasteiger partial charge on any atom is -0.478 e. The summed E-state index contributed by atoms with van der Waals surface area (Å²) in [4.78, 5) is 37.1. The number of aromatic carboxylic acids is 1. The van der Waals surface area contributed by atoms with Crippen LogP contribution in [-0.2, 0) is 6.42 Å². The Kier molecular flexibility index (Phi) is 5.26. The molecule has 132 valence electrons. The molecule has 0 atom stereocenters. The van der Waals surface area contributed by atoms with Crippen molar-refractivity contribution in [3.05, 3.63) is 52.5 Å². The Morgan fingerprint density at radius 2 is 1.84 bits per heavy atom. The molecule has 0 bridgehead atoms. The van der Waals surface area contributed by atoms with Gasteiger partial charge in [-0.3, -0.25) is 9.59 Å². The van der Waals surface area contributed by atoms with Gasteiger partial charge in [-0.2, -0.15) is 0 Å². The normalized spacial score (nSPS) is 10.4. The summed E-state index contributed by atoms with van der Waals surface area (Å²) in [7, 11) is 3.30.